The standard InChI is InChI=1S/C22H23ClN4O3S2/c1-15(26-32(29,30)18-9-7-17(23)8-10-18)21(28)25-22-24-19-11-12-27(14-20(19)31-22)13-16-5-3-2-4-6-16/h2-10,15,26H,11-14H2,1H3,(H,24,25,28)/t15-/m0/s1. The minimum Gasteiger partial charge on any atom is -0.301 e. The molecule has 1 aliphatic heterocycles. The third-order valence-electron chi connectivity index (χ3n) is 5.14. The topological polar surface area (TPSA) is 91.4 Å². The predicted octanol–water partition coefficient (Wildman–Crippen LogP) is 3.66. The van der Waals surface area contributed by atoms with Crippen LogP contribution < -0.4 is 10.0 Å². The fraction of sp³-hybridized carbons (Fsp3) is 0.273. The Kier molecular flexibility index (Phi) is 6.92. The maximum atomic E-state index is 12.6. The number of thiazole rings is 1. The fourth-order valence-corrected chi connectivity index (χ4v) is 5.84. The van der Waals surface area contributed by atoms with Crippen molar-refractivity contribution in [3.8, 4) is 0 Å². The van der Waals surface area contributed by atoms with Crippen LogP contribution >= 0.6 is 22.9 Å². The van der Waals surface area contributed by atoms with Crippen LogP contribution in [0.1, 0.15) is 23.1 Å². The summed E-state index contributed by atoms with van der Waals surface area (Å²) >= 11 is 7.25. The van der Waals surface area contributed by atoms with Gasteiger partial charge in [-0.2, -0.15) is 4.72 Å². The number of hydrogen-bond donors (Lipinski definition) is 2. The van der Waals surface area contributed by atoms with E-state index in [1.807, 2.05) is 18.2 Å². The van der Waals surface area contributed by atoms with Gasteiger partial charge in [-0.15, -0.1) is 11.3 Å². The molecule has 2 aromatic carbocycles. The number of sulfonamides is 1. The van der Waals surface area contributed by atoms with Gasteiger partial charge in [-0.25, -0.2) is 13.4 Å². The second-order valence-corrected chi connectivity index (χ2v) is 10.9. The van der Waals surface area contributed by atoms with Crippen molar-refractivity contribution in [2.45, 2.75) is 37.4 Å². The molecule has 0 radical (unpaired) electrons. The SMILES string of the molecule is C[C@H](NS(=O)(=O)c1ccc(Cl)cc1)C(=O)Nc1nc2c(s1)CN(Cc1ccccc1)CC2. The molecule has 0 spiro atoms. The number of rotatable bonds is 7. The smallest absolute Gasteiger partial charge is 0.244 e. The Balaban J connectivity index is 1.36. The first-order chi connectivity index (χ1) is 15.3. The molecule has 1 aliphatic rings. The second-order valence-electron chi connectivity index (χ2n) is 7.62. The molecule has 0 aliphatic carbocycles. The predicted molar refractivity (Wildman–Crippen MR) is 126 cm³/mol. The van der Waals surface area contributed by atoms with Gasteiger partial charge in [0.25, 0.3) is 0 Å². The van der Waals surface area contributed by atoms with Gasteiger partial charge in [0.15, 0.2) is 5.13 Å². The van der Waals surface area contributed by atoms with Crippen LogP contribution in [0.3, 0.4) is 0 Å². The monoisotopic (exact) mass is 490 g/mol. The third-order valence-corrected chi connectivity index (χ3v) is 7.95. The molecule has 0 unspecified atom stereocenters. The molecule has 1 aromatic heterocycles. The molecular formula is C22H23ClN4O3S2. The largest absolute Gasteiger partial charge is 0.301 e. The van der Waals surface area contributed by atoms with E-state index in [0.29, 0.717) is 10.2 Å². The Bertz CT molecular complexity index is 1200. The fourth-order valence-electron chi connectivity index (χ4n) is 3.46. The Morgan fingerprint density at radius 1 is 1.19 bits per heavy atom. The van der Waals surface area contributed by atoms with E-state index in [1.54, 1.807) is 0 Å². The highest BCUT2D eigenvalue weighted by atomic mass is 35.5. The number of fused-ring (bicyclic) bond motifs is 1. The quantitative estimate of drug-likeness (QED) is 0.527. The lowest BCUT2D eigenvalue weighted by molar-refractivity contribution is -0.117. The van der Waals surface area contributed by atoms with E-state index in [1.165, 1.54) is 48.1 Å². The molecule has 0 fully saturated rings. The van der Waals surface area contributed by atoms with Crippen LogP contribution in [-0.2, 0) is 34.3 Å². The summed E-state index contributed by atoms with van der Waals surface area (Å²) in [6.07, 6.45) is 0.813. The summed E-state index contributed by atoms with van der Waals surface area (Å²) in [5.74, 6) is -0.463. The van der Waals surface area contributed by atoms with Crippen LogP contribution in [0.15, 0.2) is 59.5 Å². The van der Waals surface area contributed by atoms with E-state index in [9.17, 15) is 13.2 Å². The van der Waals surface area contributed by atoms with Gasteiger partial charge >= 0.3 is 0 Å². The molecule has 1 amide bonds. The zero-order valence-electron chi connectivity index (χ0n) is 17.4. The number of anilines is 1. The molecule has 0 bridgehead atoms. The van der Waals surface area contributed by atoms with E-state index in [4.69, 9.17) is 11.6 Å². The summed E-state index contributed by atoms with van der Waals surface area (Å²) < 4.78 is 27.4. The van der Waals surface area contributed by atoms with Gasteiger partial charge in [-0.05, 0) is 36.8 Å². The zero-order valence-corrected chi connectivity index (χ0v) is 19.8. The number of nitrogens with one attached hydrogen (secondary N) is 2. The molecule has 3 aromatic rings. The van der Waals surface area contributed by atoms with Gasteiger partial charge < -0.3 is 5.32 Å². The lowest BCUT2D eigenvalue weighted by Crippen LogP contribution is -2.41. The number of carbonyl (C=O) groups is 1. The summed E-state index contributed by atoms with van der Waals surface area (Å²) in [6.45, 7) is 4.04. The van der Waals surface area contributed by atoms with Crippen LogP contribution in [0.25, 0.3) is 0 Å². The molecule has 168 valence electrons. The van der Waals surface area contributed by atoms with Gasteiger partial charge in [0.2, 0.25) is 15.9 Å². The van der Waals surface area contributed by atoms with Gasteiger partial charge in [-0.3, -0.25) is 9.69 Å². The Labute approximate surface area is 196 Å². The van der Waals surface area contributed by atoms with Crippen molar-refractivity contribution in [3.63, 3.8) is 0 Å². The number of halogens is 1. The molecule has 0 saturated carbocycles. The number of benzene rings is 2. The molecule has 1 atom stereocenters. The van der Waals surface area contributed by atoms with Crippen molar-refractivity contribution < 1.29 is 13.2 Å². The van der Waals surface area contributed by atoms with E-state index in [2.05, 4.69) is 32.1 Å². The summed E-state index contributed by atoms with van der Waals surface area (Å²) in [5, 5.41) is 3.67. The Hall–Kier alpha value is -2.30. The van der Waals surface area contributed by atoms with Crippen molar-refractivity contribution in [2.24, 2.45) is 0 Å². The van der Waals surface area contributed by atoms with Crippen LogP contribution in [0.2, 0.25) is 5.02 Å². The average Bonchev–Trinajstić information content (AvgIpc) is 3.16. The molecule has 7 nitrogen and oxygen atoms in total. The molecule has 32 heavy (non-hydrogen) atoms. The number of amides is 1. The van der Waals surface area contributed by atoms with Crippen molar-refractivity contribution >= 4 is 44.0 Å². The molecule has 4 rings (SSSR count). The van der Waals surface area contributed by atoms with Crippen LogP contribution in [0.4, 0.5) is 5.13 Å². The molecule has 2 heterocycles. The highest BCUT2D eigenvalue weighted by Gasteiger charge is 2.25. The summed E-state index contributed by atoms with van der Waals surface area (Å²) in [5.41, 5.74) is 2.25. The van der Waals surface area contributed by atoms with E-state index in [-0.39, 0.29) is 4.90 Å². The maximum absolute atomic E-state index is 12.6. The molecule has 0 saturated heterocycles. The highest BCUT2D eigenvalue weighted by molar-refractivity contribution is 7.89. The summed E-state index contributed by atoms with van der Waals surface area (Å²) in [7, 11) is -3.85. The number of carbonyl (C=O) groups excluding carboxylic acids is 1. The van der Waals surface area contributed by atoms with Gasteiger partial charge in [0.05, 0.1) is 16.6 Å². The highest BCUT2D eigenvalue weighted by Crippen LogP contribution is 2.29. The number of hydrogen-bond acceptors (Lipinski definition) is 6. The minimum atomic E-state index is -3.85. The minimum absolute atomic E-state index is 0.0461. The Morgan fingerprint density at radius 3 is 2.62 bits per heavy atom. The van der Waals surface area contributed by atoms with Crippen molar-refractivity contribution in [3.05, 3.63) is 75.8 Å². The van der Waals surface area contributed by atoms with E-state index in [0.717, 1.165) is 36.6 Å². The summed E-state index contributed by atoms with van der Waals surface area (Å²) in [6, 6.07) is 15.1. The molecular weight excluding hydrogens is 468 g/mol. The van der Waals surface area contributed by atoms with Gasteiger partial charge in [0.1, 0.15) is 0 Å². The first-order valence-corrected chi connectivity index (χ1v) is 12.8. The van der Waals surface area contributed by atoms with Gasteiger partial charge in [0, 0.05) is 36.0 Å². The Morgan fingerprint density at radius 2 is 1.91 bits per heavy atom. The van der Waals surface area contributed by atoms with Gasteiger partial charge in [-0.1, -0.05) is 41.9 Å². The number of nitrogens with zero attached hydrogens (tertiary/aromatic N) is 2. The first-order valence-electron chi connectivity index (χ1n) is 10.1. The molecule has 2 N–H and O–H groups in total. The maximum Gasteiger partial charge on any atom is 0.244 e. The third kappa shape index (κ3) is 5.54. The van der Waals surface area contributed by atoms with Crippen molar-refractivity contribution in [2.75, 3.05) is 11.9 Å². The lowest BCUT2D eigenvalue weighted by Gasteiger charge is -2.25. The normalized spacial score (nSPS) is 15.2. The van der Waals surface area contributed by atoms with E-state index >= 15 is 0 Å². The van der Waals surface area contributed by atoms with Crippen molar-refractivity contribution in [1.29, 1.82) is 0 Å². The van der Waals surface area contributed by atoms with Crippen molar-refractivity contribution in [1.82, 2.24) is 14.6 Å². The van der Waals surface area contributed by atoms with Crippen LogP contribution in [-0.4, -0.2) is 36.8 Å². The average molecular weight is 491 g/mol. The zero-order chi connectivity index (χ0) is 22.7. The first kappa shape index (κ1) is 22.9. The van der Waals surface area contributed by atoms with Crippen LogP contribution in [0, 0.1) is 0 Å². The number of aromatic nitrogens is 1. The second kappa shape index (κ2) is 9.68. The molecule has 10 heteroatoms. The van der Waals surface area contributed by atoms with E-state index < -0.39 is 22.0 Å². The lowest BCUT2D eigenvalue weighted by atomic mass is 10.1. The summed E-state index contributed by atoms with van der Waals surface area (Å²) in [4.78, 5) is 20.7. The van der Waals surface area contributed by atoms with Crippen LogP contribution in [0.5, 0.6) is 0 Å².